The van der Waals surface area contributed by atoms with Crippen molar-refractivity contribution in [2.24, 2.45) is 0 Å². The Morgan fingerprint density at radius 3 is 2.67 bits per heavy atom. The lowest BCUT2D eigenvalue weighted by Crippen LogP contribution is -2.40. The molecule has 1 aromatic rings. The number of hydrogen-bond donors (Lipinski definition) is 1. The first-order valence-electron chi connectivity index (χ1n) is 5.69. The highest BCUT2D eigenvalue weighted by atomic mass is 16.6. The number of nitrogens with zero attached hydrogens (tertiary/aromatic N) is 1. The molecule has 0 spiro atoms. The Kier molecular flexibility index (Phi) is 3.78. The first-order chi connectivity index (χ1) is 8.61. The maximum atomic E-state index is 11.0. The van der Waals surface area contributed by atoms with Gasteiger partial charge in [0.1, 0.15) is 12.4 Å². The van der Waals surface area contributed by atoms with Gasteiger partial charge in [-0.15, -0.1) is 0 Å². The Balaban J connectivity index is 2.23. The van der Waals surface area contributed by atoms with Crippen molar-refractivity contribution in [2.75, 3.05) is 13.7 Å². The number of nitro groups is 1. The summed E-state index contributed by atoms with van der Waals surface area (Å²) in [6, 6.07) is 6.28. The number of hydrogen-bond acceptors (Lipinski definition) is 5. The SMILES string of the molecule is COc1ccc([C@@H]2C[C@@H](O)OC[C@H]2[N+](=O)[O-])cc1. The van der Waals surface area contributed by atoms with Crippen molar-refractivity contribution in [1.29, 1.82) is 0 Å². The number of aliphatic hydroxyl groups excluding tert-OH is 1. The van der Waals surface area contributed by atoms with Crippen LogP contribution in [0.25, 0.3) is 0 Å². The normalized spacial score (nSPS) is 27.8. The first-order valence-corrected chi connectivity index (χ1v) is 5.69. The molecule has 2 rings (SSSR count). The minimum Gasteiger partial charge on any atom is -0.497 e. The zero-order chi connectivity index (χ0) is 13.1. The van der Waals surface area contributed by atoms with Gasteiger partial charge in [-0.25, -0.2) is 0 Å². The third-order valence-electron chi connectivity index (χ3n) is 3.19. The Morgan fingerprint density at radius 1 is 1.44 bits per heavy atom. The van der Waals surface area contributed by atoms with E-state index in [0.29, 0.717) is 5.75 Å². The van der Waals surface area contributed by atoms with Gasteiger partial charge in [0.25, 0.3) is 0 Å². The maximum absolute atomic E-state index is 11.0. The van der Waals surface area contributed by atoms with E-state index in [1.165, 1.54) is 0 Å². The van der Waals surface area contributed by atoms with Gasteiger partial charge in [0, 0.05) is 11.3 Å². The predicted molar refractivity (Wildman–Crippen MR) is 63.1 cm³/mol. The Morgan fingerprint density at radius 2 is 2.11 bits per heavy atom. The van der Waals surface area contributed by atoms with Crippen LogP contribution in [0.4, 0.5) is 0 Å². The fraction of sp³-hybridized carbons (Fsp3) is 0.500. The predicted octanol–water partition coefficient (Wildman–Crippen LogP) is 1.16. The van der Waals surface area contributed by atoms with Crippen molar-refractivity contribution in [3.8, 4) is 5.75 Å². The van der Waals surface area contributed by atoms with E-state index < -0.39 is 12.3 Å². The van der Waals surface area contributed by atoms with Crippen molar-refractivity contribution < 1.29 is 19.5 Å². The molecule has 1 saturated heterocycles. The molecule has 1 N–H and O–H groups in total. The number of benzene rings is 1. The van der Waals surface area contributed by atoms with Crippen LogP contribution in [-0.2, 0) is 4.74 Å². The van der Waals surface area contributed by atoms with Crippen molar-refractivity contribution >= 4 is 0 Å². The van der Waals surface area contributed by atoms with E-state index in [-0.39, 0.29) is 23.9 Å². The summed E-state index contributed by atoms with van der Waals surface area (Å²) < 4.78 is 9.98. The molecular formula is C12H15NO5. The number of rotatable bonds is 3. The van der Waals surface area contributed by atoms with E-state index in [9.17, 15) is 15.2 Å². The van der Waals surface area contributed by atoms with E-state index in [0.717, 1.165) is 5.56 Å². The van der Waals surface area contributed by atoms with Gasteiger partial charge in [0.05, 0.1) is 13.0 Å². The Labute approximate surface area is 104 Å². The molecule has 3 atom stereocenters. The Hall–Kier alpha value is -1.66. The molecule has 1 aliphatic heterocycles. The fourth-order valence-electron chi connectivity index (χ4n) is 2.19. The molecule has 18 heavy (non-hydrogen) atoms. The zero-order valence-electron chi connectivity index (χ0n) is 9.98. The molecule has 0 unspecified atom stereocenters. The third kappa shape index (κ3) is 2.60. The van der Waals surface area contributed by atoms with Gasteiger partial charge in [-0.05, 0) is 17.7 Å². The first kappa shape index (κ1) is 12.8. The lowest BCUT2D eigenvalue weighted by molar-refractivity contribution is -0.538. The van der Waals surface area contributed by atoms with Crippen molar-refractivity contribution in [1.82, 2.24) is 0 Å². The van der Waals surface area contributed by atoms with E-state index in [2.05, 4.69) is 0 Å². The van der Waals surface area contributed by atoms with Gasteiger partial charge in [0.15, 0.2) is 6.29 Å². The van der Waals surface area contributed by atoms with E-state index in [1.807, 2.05) is 0 Å². The summed E-state index contributed by atoms with van der Waals surface area (Å²) in [7, 11) is 1.56. The quantitative estimate of drug-likeness (QED) is 0.645. The highest BCUT2D eigenvalue weighted by molar-refractivity contribution is 5.30. The monoisotopic (exact) mass is 253 g/mol. The highest BCUT2D eigenvalue weighted by Gasteiger charge is 2.39. The zero-order valence-corrected chi connectivity index (χ0v) is 9.98. The molecular weight excluding hydrogens is 238 g/mol. The van der Waals surface area contributed by atoms with Crippen LogP contribution in [0.3, 0.4) is 0 Å². The molecule has 0 aliphatic carbocycles. The molecule has 1 fully saturated rings. The molecule has 1 aliphatic rings. The van der Waals surface area contributed by atoms with Crippen molar-refractivity contribution in [3.05, 3.63) is 39.9 Å². The molecule has 0 radical (unpaired) electrons. The topological polar surface area (TPSA) is 81.8 Å². The summed E-state index contributed by atoms with van der Waals surface area (Å²) in [5.41, 5.74) is 0.819. The molecule has 6 heteroatoms. The lowest BCUT2D eigenvalue weighted by Gasteiger charge is -2.29. The molecule has 1 aromatic carbocycles. The van der Waals surface area contributed by atoms with Crippen LogP contribution in [-0.4, -0.2) is 36.1 Å². The van der Waals surface area contributed by atoms with Gasteiger partial charge < -0.3 is 14.6 Å². The van der Waals surface area contributed by atoms with E-state index >= 15 is 0 Å². The summed E-state index contributed by atoms with van der Waals surface area (Å²) in [5, 5.41) is 20.5. The van der Waals surface area contributed by atoms with E-state index in [1.54, 1.807) is 31.4 Å². The highest BCUT2D eigenvalue weighted by Crippen LogP contribution is 2.32. The average molecular weight is 253 g/mol. The third-order valence-corrected chi connectivity index (χ3v) is 3.19. The van der Waals surface area contributed by atoms with Gasteiger partial charge in [0.2, 0.25) is 6.04 Å². The number of ether oxygens (including phenoxy) is 2. The van der Waals surface area contributed by atoms with Crippen LogP contribution in [0.1, 0.15) is 17.9 Å². The molecule has 0 bridgehead atoms. The molecule has 0 saturated carbocycles. The summed E-state index contributed by atoms with van der Waals surface area (Å²) in [5.74, 6) is 0.360. The fourth-order valence-corrected chi connectivity index (χ4v) is 2.19. The average Bonchev–Trinajstić information content (AvgIpc) is 2.38. The van der Waals surface area contributed by atoms with Gasteiger partial charge in [-0.2, -0.15) is 0 Å². The standard InChI is InChI=1S/C12H15NO5/c1-17-9-4-2-8(3-5-9)10-6-12(14)18-7-11(10)13(15)16/h2-5,10-12,14H,6-7H2,1H3/t10-,11+,12-/m0/s1. The number of aliphatic hydroxyl groups is 1. The Bertz CT molecular complexity index is 419. The number of methoxy groups -OCH3 is 1. The van der Waals surface area contributed by atoms with Crippen molar-refractivity contribution in [2.45, 2.75) is 24.7 Å². The van der Waals surface area contributed by atoms with Gasteiger partial charge in [-0.3, -0.25) is 10.1 Å². The minimum atomic E-state index is -0.937. The smallest absolute Gasteiger partial charge is 0.243 e. The van der Waals surface area contributed by atoms with Crippen LogP contribution in [0, 0.1) is 10.1 Å². The van der Waals surface area contributed by atoms with Crippen LogP contribution in [0.5, 0.6) is 5.75 Å². The second kappa shape index (κ2) is 5.32. The van der Waals surface area contributed by atoms with Crippen LogP contribution < -0.4 is 4.74 Å². The van der Waals surface area contributed by atoms with Gasteiger partial charge in [-0.1, -0.05) is 12.1 Å². The second-order valence-electron chi connectivity index (χ2n) is 4.26. The second-order valence-corrected chi connectivity index (χ2v) is 4.26. The maximum Gasteiger partial charge on any atom is 0.243 e. The molecule has 98 valence electrons. The van der Waals surface area contributed by atoms with Crippen LogP contribution in [0.15, 0.2) is 24.3 Å². The summed E-state index contributed by atoms with van der Waals surface area (Å²) >= 11 is 0. The minimum absolute atomic E-state index is 0.0646. The molecule has 0 amide bonds. The summed E-state index contributed by atoms with van der Waals surface area (Å²) in [6.07, 6.45) is -0.703. The molecule has 1 heterocycles. The van der Waals surface area contributed by atoms with Crippen molar-refractivity contribution in [3.63, 3.8) is 0 Å². The van der Waals surface area contributed by atoms with Crippen LogP contribution >= 0.6 is 0 Å². The molecule has 6 nitrogen and oxygen atoms in total. The largest absolute Gasteiger partial charge is 0.497 e. The summed E-state index contributed by atoms with van der Waals surface area (Å²) in [4.78, 5) is 10.6. The lowest BCUT2D eigenvalue weighted by atomic mass is 9.87. The summed E-state index contributed by atoms with van der Waals surface area (Å²) in [6.45, 7) is -0.0646. The van der Waals surface area contributed by atoms with E-state index in [4.69, 9.17) is 9.47 Å². The van der Waals surface area contributed by atoms with Crippen LogP contribution in [0.2, 0.25) is 0 Å². The van der Waals surface area contributed by atoms with Gasteiger partial charge >= 0.3 is 0 Å². The molecule has 0 aromatic heterocycles.